The zero-order valence-corrected chi connectivity index (χ0v) is 12.1. The first-order valence-corrected chi connectivity index (χ1v) is 8.93. The van der Waals surface area contributed by atoms with Gasteiger partial charge in [0.2, 0.25) is 0 Å². The van der Waals surface area contributed by atoms with Crippen LogP contribution in [0.3, 0.4) is 0 Å². The molecule has 1 fully saturated rings. The van der Waals surface area contributed by atoms with Crippen LogP contribution in [-0.4, -0.2) is 33.4 Å². The topological polar surface area (TPSA) is 35.5 Å². The maximum absolute atomic E-state index is 11.6. The van der Waals surface area contributed by atoms with Crippen molar-refractivity contribution in [3.8, 4) is 0 Å². The third-order valence-corrected chi connectivity index (χ3v) is 8.15. The van der Waals surface area contributed by atoms with Crippen molar-refractivity contribution in [1.82, 2.24) is 0 Å². The van der Waals surface area contributed by atoms with E-state index in [9.17, 15) is 4.79 Å². The van der Waals surface area contributed by atoms with Gasteiger partial charge in [0.1, 0.15) is 6.10 Å². The van der Waals surface area contributed by atoms with Crippen LogP contribution in [0, 0.1) is 0 Å². The Balaban J connectivity index is 2.47. The van der Waals surface area contributed by atoms with Crippen LogP contribution in [0.25, 0.3) is 0 Å². The summed E-state index contributed by atoms with van der Waals surface area (Å²) in [6, 6.07) is 0. The second kappa shape index (κ2) is 4.98. The molecule has 1 saturated heterocycles. The predicted octanol–water partition coefficient (Wildman–Crippen LogP) is 2.76. The molecule has 0 aromatic carbocycles. The first-order valence-electron chi connectivity index (χ1n) is 6.02. The van der Waals surface area contributed by atoms with Gasteiger partial charge in [0.05, 0.1) is 6.61 Å². The summed E-state index contributed by atoms with van der Waals surface area (Å²) < 4.78 is 11.4. The number of carbonyl (C=O) groups is 1. The molecule has 1 atom stereocenters. The minimum atomic E-state index is -1.75. The van der Waals surface area contributed by atoms with E-state index < -0.39 is 8.32 Å². The maximum atomic E-state index is 11.6. The van der Waals surface area contributed by atoms with Crippen LogP contribution in [0.1, 0.15) is 33.6 Å². The van der Waals surface area contributed by atoms with Gasteiger partial charge in [-0.2, -0.15) is 0 Å². The Labute approximate surface area is 99.6 Å². The van der Waals surface area contributed by atoms with Crippen molar-refractivity contribution in [3.05, 3.63) is 0 Å². The van der Waals surface area contributed by atoms with E-state index in [4.69, 9.17) is 9.16 Å². The van der Waals surface area contributed by atoms with Crippen LogP contribution in [0.2, 0.25) is 18.1 Å². The number of hydrogen-bond donors (Lipinski definition) is 0. The molecule has 16 heavy (non-hydrogen) atoms. The minimum Gasteiger partial charge on any atom is -0.414 e. The average Bonchev–Trinajstić information content (AvgIpc) is 2.15. The van der Waals surface area contributed by atoms with E-state index >= 15 is 0 Å². The summed E-state index contributed by atoms with van der Waals surface area (Å²) in [7, 11) is -1.75. The lowest BCUT2D eigenvalue weighted by atomic mass is 10.1. The van der Waals surface area contributed by atoms with Crippen molar-refractivity contribution in [2.75, 3.05) is 13.2 Å². The molecule has 0 radical (unpaired) electrons. The lowest BCUT2D eigenvalue weighted by molar-refractivity contribution is -0.137. The Kier molecular flexibility index (Phi) is 4.32. The summed E-state index contributed by atoms with van der Waals surface area (Å²) in [5.41, 5.74) is 0. The highest BCUT2D eigenvalue weighted by atomic mass is 28.4. The molecule has 0 aromatic rings. The molecule has 94 valence electrons. The SMILES string of the molecule is CC(C)(C)[Si](C)(C)OC[C@H]1OCCCC1=O. The van der Waals surface area contributed by atoms with Gasteiger partial charge in [-0.3, -0.25) is 4.79 Å². The first kappa shape index (κ1) is 13.9. The molecule has 1 rings (SSSR count). The molecule has 0 unspecified atom stereocenters. The average molecular weight is 244 g/mol. The molecule has 0 amide bonds. The first-order chi connectivity index (χ1) is 7.24. The second-order valence-electron chi connectivity index (χ2n) is 6.00. The van der Waals surface area contributed by atoms with Crippen LogP contribution in [0.5, 0.6) is 0 Å². The van der Waals surface area contributed by atoms with E-state index in [0.29, 0.717) is 19.6 Å². The Morgan fingerprint density at radius 1 is 1.44 bits per heavy atom. The molecule has 0 aromatic heterocycles. The normalized spacial score (nSPS) is 23.6. The lowest BCUT2D eigenvalue weighted by Crippen LogP contribution is -2.45. The number of ether oxygens (including phenoxy) is 1. The van der Waals surface area contributed by atoms with Gasteiger partial charge in [-0.05, 0) is 24.6 Å². The van der Waals surface area contributed by atoms with Crippen molar-refractivity contribution in [3.63, 3.8) is 0 Å². The van der Waals surface area contributed by atoms with Gasteiger partial charge >= 0.3 is 0 Å². The summed E-state index contributed by atoms with van der Waals surface area (Å²) in [6.07, 6.45) is 1.18. The number of carbonyl (C=O) groups excluding carboxylic acids is 1. The van der Waals surface area contributed by atoms with Crippen molar-refractivity contribution < 1.29 is 14.0 Å². The quantitative estimate of drug-likeness (QED) is 0.716. The van der Waals surface area contributed by atoms with Crippen molar-refractivity contribution in [2.45, 2.75) is 57.8 Å². The van der Waals surface area contributed by atoms with E-state index in [2.05, 4.69) is 33.9 Å². The molecule has 0 aliphatic carbocycles. The zero-order chi connectivity index (χ0) is 12.4. The van der Waals surface area contributed by atoms with Gasteiger partial charge in [0, 0.05) is 13.0 Å². The molecule has 1 aliphatic rings. The Morgan fingerprint density at radius 3 is 2.56 bits per heavy atom. The second-order valence-corrected chi connectivity index (χ2v) is 10.8. The third kappa shape index (κ3) is 3.40. The van der Waals surface area contributed by atoms with E-state index in [1.54, 1.807) is 0 Å². The Hall–Kier alpha value is -0.193. The molecular formula is C12H24O3Si. The fraction of sp³-hybridized carbons (Fsp3) is 0.917. The van der Waals surface area contributed by atoms with Crippen LogP contribution < -0.4 is 0 Å². The lowest BCUT2D eigenvalue weighted by Gasteiger charge is -2.37. The maximum Gasteiger partial charge on any atom is 0.192 e. The molecule has 3 nitrogen and oxygen atoms in total. The standard InChI is InChI=1S/C12H24O3Si/c1-12(2,3)16(4,5)15-9-11-10(13)7-6-8-14-11/h11H,6-9H2,1-5H3/t11-/m1/s1. The highest BCUT2D eigenvalue weighted by molar-refractivity contribution is 6.74. The monoisotopic (exact) mass is 244 g/mol. The van der Waals surface area contributed by atoms with Crippen molar-refractivity contribution >= 4 is 14.1 Å². The number of rotatable bonds is 3. The van der Waals surface area contributed by atoms with Gasteiger partial charge in [-0.15, -0.1) is 0 Å². The highest BCUT2D eigenvalue weighted by Gasteiger charge is 2.38. The third-order valence-electron chi connectivity index (χ3n) is 3.65. The van der Waals surface area contributed by atoms with E-state index in [0.717, 1.165) is 6.42 Å². The van der Waals surface area contributed by atoms with E-state index in [1.807, 2.05) is 0 Å². The molecule has 0 saturated carbocycles. The summed E-state index contributed by atoms with van der Waals surface area (Å²) >= 11 is 0. The van der Waals surface area contributed by atoms with Gasteiger partial charge in [-0.25, -0.2) is 0 Å². The largest absolute Gasteiger partial charge is 0.414 e. The highest BCUT2D eigenvalue weighted by Crippen LogP contribution is 2.36. The Morgan fingerprint density at radius 2 is 2.06 bits per heavy atom. The summed E-state index contributed by atoms with van der Waals surface area (Å²) in [5.74, 6) is 0.199. The van der Waals surface area contributed by atoms with Gasteiger partial charge in [-0.1, -0.05) is 20.8 Å². The van der Waals surface area contributed by atoms with Crippen LogP contribution in [-0.2, 0) is 14.0 Å². The predicted molar refractivity (Wildman–Crippen MR) is 67.1 cm³/mol. The van der Waals surface area contributed by atoms with Crippen LogP contribution in [0.15, 0.2) is 0 Å². The zero-order valence-electron chi connectivity index (χ0n) is 11.1. The molecule has 1 heterocycles. The Bertz CT molecular complexity index is 255. The summed E-state index contributed by atoms with van der Waals surface area (Å²) in [5, 5.41) is 0.185. The molecule has 0 spiro atoms. The van der Waals surface area contributed by atoms with Crippen molar-refractivity contribution in [2.24, 2.45) is 0 Å². The fourth-order valence-electron chi connectivity index (χ4n) is 1.37. The van der Waals surface area contributed by atoms with Gasteiger partial charge < -0.3 is 9.16 Å². The van der Waals surface area contributed by atoms with Crippen LogP contribution >= 0.6 is 0 Å². The van der Waals surface area contributed by atoms with E-state index in [-0.39, 0.29) is 16.9 Å². The molecule has 0 bridgehead atoms. The molecule has 4 heteroatoms. The van der Waals surface area contributed by atoms with Gasteiger partial charge in [0.25, 0.3) is 0 Å². The van der Waals surface area contributed by atoms with Crippen molar-refractivity contribution in [1.29, 1.82) is 0 Å². The number of ketones is 1. The van der Waals surface area contributed by atoms with Gasteiger partial charge in [0.15, 0.2) is 14.1 Å². The van der Waals surface area contributed by atoms with Crippen LogP contribution in [0.4, 0.5) is 0 Å². The molecular weight excluding hydrogens is 220 g/mol. The number of Topliss-reactive ketones (excluding diaryl/α,β-unsaturated/α-hetero) is 1. The minimum absolute atomic E-state index is 0.185. The number of hydrogen-bond acceptors (Lipinski definition) is 3. The van der Waals surface area contributed by atoms with E-state index in [1.165, 1.54) is 0 Å². The summed E-state index contributed by atoms with van der Waals surface area (Å²) in [4.78, 5) is 11.6. The summed E-state index contributed by atoms with van der Waals surface area (Å²) in [6.45, 7) is 12.1. The fourth-order valence-corrected chi connectivity index (χ4v) is 2.37. The smallest absolute Gasteiger partial charge is 0.192 e. The molecule has 1 aliphatic heterocycles. The molecule has 0 N–H and O–H groups in total.